The van der Waals surface area contributed by atoms with Gasteiger partial charge in [-0.05, 0) is 57.1 Å². The number of likely N-dealkylation sites (tertiary alicyclic amines) is 1. The smallest absolute Gasteiger partial charge is 0.317 e. The van der Waals surface area contributed by atoms with E-state index in [9.17, 15) is 9.90 Å². The van der Waals surface area contributed by atoms with Crippen LogP contribution in [0, 0.1) is 18.8 Å². The molecule has 0 radical (unpaired) electrons. The topological polar surface area (TPSA) is 65.5 Å². The number of carbonyl (C=O) groups is 1. The van der Waals surface area contributed by atoms with Crippen LogP contribution in [0.3, 0.4) is 0 Å². The minimum absolute atomic E-state index is 0.0144. The number of aliphatic hydroxyl groups is 1. The Labute approximate surface area is 150 Å². The molecule has 1 aromatic heterocycles. The Bertz CT molecular complexity index is 592. The third-order valence-corrected chi connectivity index (χ3v) is 5.78. The molecule has 1 saturated carbocycles. The van der Waals surface area contributed by atoms with Crippen molar-refractivity contribution in [1.82, 2.24) is 15.2 Å². The van der Waals surface area contributed by atoms with Crippen LogP contribution in [0.1, 0.15) is 50.4 Å². The minimum Gasteiger partial charge on any atom is -0.393 e. The summed E-state index contributed by atoms with van der Waals surface area (Å²) in [6, 6.07) is 6.18. The number of carbonyl (C=O) groups excluding carboxylic acids is 1. The SMILES string of the molecule is Cc1cccc(CCNC(=O)N2CCC[C@@H]2[C@@H]2C[C@@H](C)CC[C@H]2O)n1. The number of hydrogen-bond donors (Lipinski definition) is 2. The highest BCUT2D eigenvalue weighted by atomic mass is 16.3. The lowest BCUT2D eigenvalue weighted by Crippen LogP contribution is -2.49. The first-order valence-electron chi connectivity index (χ1n) is 9.69. The zero-order valence-electron chi connectivity index (χ0n) is 15.4. The molecule has 4 atom stereocenters. The van der Waals surface area contributed by atoms with Crippen LogP contribution in [0.2, 0.25) is 0 Å². The maximum absolute atomic E-state index is 12.7. The lowest BCUT2D eigenvalue weighted by Gasteiger charge is -2.39. The predicted molar refractivity (Wildman–Crippen MR) is 98.3 cm³/mol. The standard InChI is InChI=1S/C20H31N3O2/c1-14-8-9-19(24)17(13-14)18-7-4-12-23(18)20(25)21-11-10-16-6-3-5-15(2)22-16/h3,5-6,14,17-19,24H,4,7-13H2,1-2H3,(H,21,25)/t14-,17-,18+,19+/m0/s1. The van der Waals surface area contributed by atoms with Crippen molar-refractivity contribution in [3.63, 3.8) is 0 Å². The molecule has 1 aromatic rings. The van der Waals surface area contributed by atoms with E-state index in [1.807, 2.05) is 30.0 Å². The van der Waals surface area contributed by atoms with Gasteiger partial charge in [-0.15, -0.1) is 0 Å². The fourth-order valence-corrected chi connectivity index (χ4v) is 4.45. The molecule has 1 aliphatic heterocycles. The Balaban J connectivity index is 1.53. The van der Waals surface area contributed by atoms with E-state index in [2.05, 4.69) is 17.2 Å². The molecule has 138 valence electrons. The number of amides is 2. The monoisotopic (exact) mass is 345 g/mol. The van der Waals surface area contributed by atoms with E-state index < -0.39 is 0 Å². The molecule has 0 bridgehead atoms. The largest absolute Gasteiger partial charge is 0.393 e. The van der Waals surface area contributed by atoms with Crippen molar-refractivity contribution in [2.24, 2.45) is 11.8 Å². The van der Waals surface area contributed by atoms with E-state index in [1.165, 1.54) is 0 Å². The molecule has 2 aliphatic rings. The van der Waals surface area contributed by atoms with Crippen LogP contribution in [0.4, 0.5) is 4.79 Å². The Hall–Kier alpha value is -1.62. The summed E-state index contributed by atoms with van der Waals surface area (Å²) in [6.45, 7) is 5.64. The fourth-order valence-electron chi connectivity index (χ4n) is 4.45. The first-order valence-corrected chi connectivity index (χ1v) is 9.69. The number of hydrogen-bond acceptors (Lipinski definition) is 3. The third kappa shape index (κ3) is 4.51. The average Bonchev–Trinajstić information content (AvgIpc) is 3.06. The maximum atomic E-state index is 12.7. The number of aliphatic hydroxyl groups excluding tert-OH is 1. The molecule has 2 fully saturated rings. The van der Waals surface area contributed by atoms with Gasteiger partial charge < -0.3 is 15.3 Å². The van der Waals surface area contributed by atoms with E-state index >= 15 is 0 Å². The van der Waals surface area contributed by atoms with Crippen molar-refractivity contribution < 1.29 is 9.90 Å². The van der Waals surface area contributed by atoms with E-state index in [4.69, 9.17) is 0 Å². The van der Waals surface area contributed by atoms with Crippen molar-refractivity contribution in [2.45, 2.75) is 64.5 Å². The first-order chi connectivity index (χ1) is 12.0. The summed E-state index contributed by atoms with van der Waals surface area (Å²) in [7, 11) is 0. The molecular formula is C20H31N3O2. The number of urea groups is 1. The molecule has 25 heavy (non-hydrogen) atoms. The second kappa shape index (κ2) is 8.17. The van der Waals surface area contributed by atoms with Crippen molar-refractivity contribution in [3.05, 3.63) is 29.6 Å². The van der Waals surface area contributed by atoms with Gasteiger partial charge in [-0.2, -0.15) is 0 Å². The molecule has 0 aromatic carbocycles. The lowest BCUT2D eigenvalue weighted by atomic mass is 9.76. The summed E-state index contributed by atoms with van der Waals surface area (Å²) in [5.74, 6) is 0.877. The number of aryl methyl sites for hydroxylation is 1. The molecule has 1 aliphatic carbocycles. The molecule has 5 heteroatoms. The predicted octanol–water partition coefficient (Wildman–Crippen LogP) is 2.90. The number of rotatable bonds is 4. The number of aromatic nitrogens is 1. The highest BCUT2D eigenvalue weighted by molar-refractivity contribution is 5.74. The van der Waals surface area contributed by atoms with Gasteiger partial charge in [-0.25, -0.2) is 4.79 Å². The van der Waals surface area contributed by atoms with Crippen LogP contribution in [-0.4, -0.2) is 46.3 Å². The highest BCUT2D eigenvalue weighted by Gasteiger charge is 2.40. The van der Waals surface area contributed by atoms with Gasteiger partial charge in [0.25, 0.3) is 0 Å². The summed E-state index contributed by atoms with van der Waals surface area (Å²) in [6.07, 6.45) is 5.54. The van der Waals surface area contributed by atoms with Gasteiger partial charge in [0.1, 0.15) is 0 Å². The lowest BCUT2D eigenvalue weighted by molar-refractivity contribution is 0.0153. The molecule has 1 saturated heterocycles. The van der Waals surface area contributed by atoms with Crippen LogP contribution in [0.15, 0.2) is 18.2 Å². The molecule has 5 nitrogen and oxygen atoms in total. The highest BCUT2D eigenvalue weighted by Crippen LogP contribution is 2.37. The molecule has 3 rings (SSSR count). The summed E-state index contributed by atoms with van der Waals surface area (Å²) in [5.41, 5.74) is 2.01. The molecular weight excluding hydrogens is 314 g/mol. The Morgan fingerprint density at radius 2 is 2.20 bits per heavy atom. The fraction of sp³-hybridized carbons (Fsp3) is 0.700. The summed E-state index contributed by atoms with van der Waals surface area (Å²) >= 11 is 0. The van der Waals surface area contributed by atoms with Crippen LogP contribution in [-0.2, 0) is 6.42 Å². The van der Waals surface area contributed by atoms with E-state index in [0.29, 0.717) is 12.5 Å². The van der Waals surface area contributed by atoms with Crippen LogP contribution in [0.5, 0.6) is 0 Å². The normalized spacial score (nSPS) is 29.6. The van der Waals surface area contributed by atoms with Crippen LogP contribution in [0.25, 0.3) is 0 Å². The van der Waals surface area contributed by atoms with Crippen molar-refractivity contribution in [3.8, 4) is 0 Å². The molecule has 2 heterocycles. The first kappa shape index (κ1) is 18.2. The van der Waals surface area contributed by atoms with Gasteiger partial charge in [0.2, 0.25) is 0 Å². The van der Waals surface area contributed by atoms with Gasteiger partial charge in [0.05, 0.1) is 6.10 Å². The zero-order valence-corrected chi connectivity index (χ0v) is 15.4. The van der Waals surface area contributed by atoms with Crippen molar-refractivity contribution in [2.75, 3.05) is 13.1 Å². The minimum atomic E-state index is -0.258. The maximum Gasteiger partial charge on any atom is 0.317 e. The van der Waals surface area contributed by atoms with Gasteiger partial charge >= 0.3 is 6.03 Å². The molecule has 0 unspecified atom stereocenters. The Morgan fingerprint density at radius 3 is 3.00 bits per heavy atom. The third-order valence-electron chi connectivity index (χ3n) is 5.78. The van der Waals surface area contributed by atoms with Crippen molar-refractivity contribution in [1.29, 1.82) is 0 Å². The van der Waals surface area contributed by atoms with Gasteiger partial charge in [0.15, 0.2) is 0 Å². The van der Waals surface area contributed by atoms with E-state index in [0.717, 1.165) is 56.5 Å². The zero-order chi connectivity index (χ0) is 17.8. The summed E-state index contributed by atoms with van der Waals surface area (Å²) in [4.78, 5) is 19.1. The summed E-state index contributed by atoms with van der Waals surface area (Å²) in [5, 5.41) is 13.5. The van der Waals surface area contributed by atoms with Gasteiger partial charge in [0, 0.05) is 42.9 Å². The molecule has 2 amide bonds. The Kier molecular flexibility index (Phi) is 5.94. The second-order valence-corrected chi connectivity index (χ2v) is 7.80. The molecule has 0 spiro atoms. The van der Waals surface area contributed by atoms with Crippen LogP contribution < -0.4 is 5.32 Å². The second-order valence-electron chi connectivity index (χ2n) is 7.80. The number of pyridine rings is 1. The average molecular weight is 345 g/mol. The van der Waals surface area contributed by atoms with Gasteiger partial charge in [-0.1, -0.05) is 13.0 Å². The summed E-state index contributed by atoms with van der Waals surface area (Å²) < 4.78 is 0. The van der Waals surface area contributed by atoms with E-state index in [-0.39, 0.29) is 24.1 Å². The number of nitrogens with zero attached hydrogens (tertiary/aromatic N) is 2. The Morgan fingerprint density at radius 1 is 1.36 bits per heavy atom. The number of nitrogens with one attached hydrogen (secondary N) is 1. The van der Waals surface area contributed by atoms with Gasteiger partial charge in [-0.3, -0.25) is 4.98 Å². The van der Waals surface area contributed by atoms with Crippen molar-refractivity contribution >= 4 is 6.03 Å². The quantitative estimate of drug-likeness (QED) is 0.882. The van der Waals surface area contributed by atoms with E-state index in [1.54, 1.807) is 0 Å². The van der Waals surface area contributed by atoms with Crippen LogP contribution >= 0.6 is 0 Å². The molecule has 2 N–H and O–H groups in total.